The largest absolute Gasteiger partial charge is 1.00 e. The number of rotatable bonds is 13. The number of nitrogens with zero attached hydrogens (tertiary/aromatic N) is 2. The first kappa shape index (κ1) is 32.4. The fraction of sp³-hybridized carbons (Fsp3) is 0.706. The van der Waals surface area contributed by atoms with E-state index in [-0.39, 0.29) is 84.4 Å². The first-order valence-electron chi connectivity index (χ1n) is 8.58. The number of carbonyl (C=O) groups is 3. The smallest absolute Gasteiger partial charge is 0.874 e. The van der Waals surface area contributed by atoms with Crippen molar-refractivity contribution in [2.45, 2.75) is 65.1 Å². The molecule has 0 bridgehead atoms. The van der Waals surface area contributed by atoms with E-state index in [4.69, 9.17) is 0 Å². The molecule has 0 aromatic carbocycles. The molecule has 0 fully saturated rings. The van der Waals surface area contributed by atoms with Gasteiger partial charge >= 0.3 is 71.1 Å². The third kappa shape index (κ3) is 11.6. The average molecular weight is 418 g/mol. The van der Waals surface area contributed by atoms with Crippen LogP contribution in [0.1, 0.15) is 47.0 Å². The Morgan fingerprint density at radius 3 is 1.75 bits per heavy atom. The molecule has 3 unspecified atom stereocenters. The van der Waals surface area contributed by atoms with Crippen LogP contribution in [-0.4, -0.2) is 69.1 Å². The van der Waals surface area contributed by atoms with Crippen molar-refractivity contribution >= 4 is 17.9 Å². The second kappa shape index (κ2) is 16.5. The fourth-order valence-electron chi connectivity index (χ4n) is 2.34. The third-order valence-corrected chi connectivity index (χ3v) is 4.25. The molecule has 0 spiro atoms. The molecular weight excluding hydrogens is 390 g/mol. The molecule has 0 aromatic rings. The fourth-order valence-corrected chi connectivity index (χ4v) is 2.34. The van der Waals surface area contributed by atoms with Gasteiger partial charge in [0, 0.05) is 13.1 Å². The van der Waals surface area contributed by atoms with E-state index in [0.717, 1.165) is 6.42 Å². The van der Waals surface area contributed by atoms with Crippen molar-refractivity contribution in [3.8, 4) is 0 Å². The zero-order chi connectivity index (χ0) is 20.4. The molecule has 0 saturated heterocycles. The second-order valence-electron chi connectivity index (χ2n) is 6.20. The molecule has 0 rings (SSSR count). The molecule has 0 aromatic heterocycles. The van der Waals surface area contributed by atoms with Gasteiger partial charge in [0.05, 0.1) is 12.0 Å². The quantitative estimate of drug-likeness (QED) is 0.220. The van der Waals surface area contributed by atoms with Crippen molar-refractivity contribution in [3.63, 3.8) is 0 Å². The van der Waals surface area contributed by atoms with E-state index in [1.165, 1.54) is 36.8 Å². The van der Waals surface area contributed by atoms with E-state index in [1.807, 2.05) is 6.92 Å². The van der Waals surface area contributed by atoms with Crippen LogP contribution in [0.4, 0.5) is 0 Å². The zero-order valence-electron chi connectivity index (χ0n) is 17.7. The summed E-state index contributed by atoms with van der Waals surface area (Å²) >= 11 is 0. The number of hydrogen-bond acceptors (Lipinski definition) is 7. The molecule has 150 valence electrons. The minimum absolute atomic E-state index is 0. The van der Waals surface area contributed by atoms with Gasteiger partial charge in [-0.2, -0.15) is 0 Å². The molecule has 0 aliphatic heterocycles. The molecule has 0 aliphatic rings. The Bertz CT molecular complexity index is 512. The summed E-state index contributed by atoms with van der Waals surface area (Å²) in [4.78, 5) is 36.1. The van der Waals surface area contributed by atoms with Crippen LogP contribution in [0.25, 0.3) is 0 Å². The van der Waals surface area contributed by atoms with Crippen LogP contribution in [0.3, 0.4) is 0 Å². The molecule has 0 aliphatic carbocycles. The van der Waals surface area contributed by atoms with Gasteiger partial charge in [0.15, 0.2) is 0 Å². The van der Waals surface area contributed by atoms with Crippen molar-refractivity contribution in [3.05, 3.63) is 12.0 Å². The van der Waals surface area contributed by atoms with Crippen LogP contribution in [-0.2, 0) is 14.4 Å². The van der Waals surface area contributed by atoms with Gasteiger partial charge in [-0.3, -0.25) is 14.5 Å². The first-order chi connectivity index (χ1) is 12.0. The van der Waals surface area contributed by atoms with Gasteiger partial charge in [-0.1, -0.05) is 19.8 Å². The number of allylic oxidation sites excluding steroid dienone is 1. The molecule has 0 amide bonds. The summed E-state index contributed by atoms with van der Waals surface area (Å²) in [6, 6.07) is -3.28. The first-order valence-corrected chi connectivity index (χ1v) is 8.58. The summed E-state index contributed by atoms with van der Waals surface area (Å²) in [6.07, 6.45) is 2.94. The monoisotopic (exact) mass is 418 g/mol. The minimum atomic E-state index is -1.38. The van der Waals surface area contributed by atoms with E-state index in [2.05, 4.69) is 0 Å². The summed E-state index contributed by atoms with van der Waals surface area (Å²) in [7, 11) is 0. The Balaban J connectivity index is -0.00000312. The predicted octanol–water partition coefficient (Wildman–Crippen LogP) is -6.93. The molecule has 0 radical (unpaired) electrons. The minimum Gasteiger partial charge on any atom is -0.874 e. The maximum atomic E-state index is 12.0. The Kier molecular flexibility index (Phi) is 19.1. The molecule has 28 heavy (non-hydrogen) atoms. The molecule has 3 atom stereocenters. The van der Waals surface area contributed by atoms with E-state index < -0.39 is 36.0 Å². The molecule has 2 N–H and O–H groups in total. The van der Waals surface area contributed by atoms with Crippen LogP contribution in [0.5, 0.6) is 0 Å². The SMILES string of the molecule is CCCC/C([O-])=C/N(CCN(C(C)C(=O)O)C(C)C(=O)O)C(C)C(=O)[O-].[Na+].[Na+]. The van der Waals surface area contributed by atoms with Crippen LogP contribution < -0.4 is 69.3 Å². The van der Waals surface area contributed by atoms with E-state index in [1.54, 1.807) is 0 Å². The number of unbranched alkanes of at least 4 members (excludes halogenated alkanes) is 1. The predicted molar refractivity (Wildman–Crippen MR) is 89.7 cm³/mol. The maximum absolute atomic E-state index is 12.0. The van der Waals surface area contributed by atoms with Gasteiger partial charge in [-0.05, 0) is 33.4 Å². The van der Waals surface area contributed by atoms with Gasteiger partial charge in [0.2, 0.25) is 0 Å². The van der Waals surface area contributed by atoms with Gasteiger partial charge in [-0.15, -0.1) is 5.76 Å². The number of hydrogen-bond donors (Lipinski definition) is 2. The van der Waals surface area contributed by atoms with E-state index in [0.29, 0.717) is 6.42 Å². The van der Waals surface area contributed by atoms with Gasteiger partial charge < -0.3 is 30.1 Å². The molecule has 11 heteroatoms. The number of carboxylic acid groups (broad SMARTS) is 3. The number of carbonyl (C=O) groups excluding carboxylic acids is 1. The van der Waals surface area contributed by atoms with Crippen molar-refractivity contribution in [2.75, 3.05) is 13.1 Å². The van der Waals surface area contributed by atoms with Gasteiger partial charge in [0.25, 0.3) is 0 Å². The summed E-state index contributed by atoms with van der Waals surface area (Å²) < 4.78 is 0. The Morgan fingerprint density at radius 1 is 0.929 bits per heavy atom. The van der Waals surface area contributed by atoms with Crippen molar-refractivity contribution in [1.29, 1.82) is 0 Å². The standard InChI is InChI=1S/C17H30N2O7.2Na/c1-5-6-7-14(20)10-18(11(2)15(21)22)8-9-19(12(3)16(23)24)13(4)17(25)26;;/h10-13,20H,5-9H2,1-4H3,(H,21,22)(H,23,24)(H,25,26);;/q;2*+1/p-2/b14-10-;;. The third-order valence-electron chi connectivity index (χ3n) is 4.25. The topological polar surface area (TPSA) is 144 Å². The number of aliphatic carboxylic acids is 3. The molecule has 0 heterocycles. The van der Waals surface area contributed by atoms with Crippen molar-refractivity contribution in [2.24, 2.45) is 0 Å². The van der Waals surface area contributed by atoms with Gasteiger partial charge in [0.1, 0.15) is 12.1 Å². The van der Waals surface area contributed by atoms with Crippen molar-refractivity contribution in [1.82, 2.24) is 9.80 Å². The van der Waals surface area contributed by atoms with Crippen LogP contribution >= 0.6 is 0 Å². The van der Waals surface area contributed by atoms with Gasteiger partial charge in [-0.25, -0.2) is 0 Å². The van der Waals surface area contributed by atoms with Crippen LogP contribution in [0, 0.1) is 0 Å². The Morgan fingerprint density at radius 2 is 1.39 bits per heavy atom. The summed E-state index contributed by atoms with van der Waals surface area (Å²) in [5.41, 5.74) is 0. The summed E-state index contributed by atoms with van der Waals surface area (Å²) in [5.74, 6) is -4.01. The average Bonchev–Trinajstić information content (AvgIpc) is 2.57. The Hall–Kier alpha value is -0.290. The maximum Gasteiger partial charge on any atom is 1.00 e. The van der Waals surface area contributed by atoms with E-state index in [9.17, 15) is 34.8 Å². The van der Waals surface area contributed by atoms with Crippen LogP contribution in [0.2, 0.25) is 0 Å². The van der Waals surface area contributed by atoms with Crippen LogP contribution in [0.15, 0.2) is 12.0 Å². The molecule has 0 saturated carbocycles. The normalized spacial score (nSPS) is 14.2. The Labute approximate surface area is 210 Å². The van der Waals surface area contributed by atoms with E-state index >= 15 is 0 Å². The van der Waals surface area contributed by atoms with Crippen molar-refractivity contribution < 1.29 is 93.9 Å². The summed E-state index contributed by atoms with van der Waals surface area (Å²) in [5, 5.41) is 41.5. The second-order valence-corrected chi connectivity index (χ2v) is 6.20. The molecule has 9 nitrogen and oxygen atoms in total. The zero-order valence-corrected chi connectivity index (χ0v) is 21.7. The number of carboxylic acids is 3. The molecular formula is C17H28N2Na2O7. The summed E-state index contributed by atoms with van der Waals surface area (Å²) in [6.45, 7) is 5.91.